The van der Waals surface area contributed by atoms with Crippen LogP contribution in [0.25, 0.3) is 21.2 Å². The molecule has 1 saturated heterocycles. The van der Waals surface area contributed by atoms with E-state index in [1.807, 2.05) is 24.3 Å². The van der Waals surface area contributed by atoms with Gasteiger partial charge >= 0.3 is 0 Å². The largest absolute Gasteiger partial charge is 0.431 e. The zero-order valence-electron chi connectivity index (χ0n) is 17.7. The molecule has 0 bridgehead atoms. The monoisotopic (exact) mass is 452 g/mol. The number of nitrogens with zero attached hydrogens (tertiary/aromatic N) is 4. The molecule has 4 aromatic rings. The lowest BCUT2D eigenvalue weighted by molar-refractivity contribution is 0.252. The quantitative estimate of drug-likeness (QED) is 0.232. The number of piperazine rings is 1. The maximum atomic E-state index is 5.77. The lowest BCUT2D eigenvalue weighted by Gasteiger charge is -2.35. The average molecular weight is 453 g/mol. The zero-order chi connectivity index (χ0) is 20.9. The molecule has 0 aliphatic carbocycles. The van der Waals surface area contributed by atoms with Crippen LogP contribution in [0.15, 0.2) is 58.2 Å². The third-order valence-electron chi connectivity index (χ3n) is 5.90. The Labute approximate surface area is 191 Å². The number of fused-ring (bicyclic) bond motifs is 2. The number of rotatable bonds is 9. The van der Waals surface area contributed by atoms with E-state index in [1.165, 1.54) is 48.1 Å². The molecule has 2 aromatic carbocycles. The summed E-state index contributed by atoms with van der Waals surface area (Å²) in [7, 11) is 0. The number of benzene rings is 2. The predicted molar refractivity (Wildman–Crippen MR) is 131 cm³/mol. The summed E-state index contributed by atoms with van der Waals surface area (Å²) in [4.78, 5) is 9.60. The third-order valence-corrected chi connectivity index (χ3v) is 7.63. The molecule has 0 radical (unpaired) electrons. The zero-order valence-corrected chi connectivity index (χ0v) is 19.3. The van der Waals surface area contributed by atoms with Crippen LogP contribution in [-0.4, -0.2) is 52.7 Å². The average Bonchev–Trinajstić information content (AvgIpc) is 3.43. The maximum absolute atomic E-state index is 5.77. The highest BCUT2D eigenvalue weighted by Gasteiger charge is 2.20. The van der Waals surface area contributed by atoms with Gasteiger partial charge in [0.25, 0.3) is 5.22 Å². The van der Waals surface area contributed by atoms with Crippen molar-refractivity contribution in [1.29, 1.82) is 0 Å². The van der Waals surface area contributed by atoms with Crippen molar-refractivity contribution in [2.24, 2.45) is 0 Å². The van der Waals surface area contributed by atoms with E-state index in [-0.39, 0.29) is 0 Å². The summed E-state index contributed by atoms with van der Waals surface area (Å²) >= 11 is 3.35. The van der Waals surface area contributed by atoms with Gasteiger partial charge in [0.15, 0.2) is 5.58 Å². The van der Waals surface area contributed by atoms with Crippen LogP contribution in [0.3, 0.4) is 0 Å². The van der Waals surface area contributed by atoms with Crippen LogP contribution in [0.4, 0.5) is 5.82 Å². The van der Waals surface area contributed by atoms with E-state index in [4.69, 9.17) is 8.79 Å². The number of aromatic nitrogens is 2. The highest BCUT2D eigenvalue weighted by molar-refractivity contribution is 7.99. The fourth-order valence-electron chi connectivity index (χ4n) is 4.15. The number of anilines is 1. The van der Waals surface area contributed by atoms with Crippen LogP contribution in [-0.2, 0) is 0 Å². The summed E-state index contributed by atoms with van der Waals surface area (Å²) in [6.45, 7) is 5.65. The highest BCUT2D eigenvalue weighted by Crippen LogP contribution is 2.30. The summed E-state index contributed by atoms with van der Waals surface area (Å²) in [5.41, 5.74) is 1.83. The smallest absolute Gasteiger partial charge is 0.256 e. The summed E-state index contributed by atoms with van der Waals surface area (Å²) in [5.74, 6) is 2.25. The SMILES string of the molecule is c1ccc2oc(SCCCCCCN3CCN(c4nsc5ccccc45)CC3)nc2c1. The lowest BCUT2D eigenvalue weighted by Crippen LogP contribution is -2.46. The Morgan fingerprint density at radius 1 is 0.903 bits per heavy atom. The topological polar surface area (TPSA) is 45.4 Å². The Balaban J connectivity index is 0.967. The summed E-state index contributed by atoms with van der Waals surface area (Å²) in [5, 5.41) is 2.10. The molecule has 0 N–H and O–H groups in total. The molecule has 162 valence electrons. The van der Waals surface area contributed by atoms with Crippen molar-refractivity contribution in [3.63, 3.8) is 0 Å². The van der Waals surface area contributed by atoms with Gasteiger partial charge in [-0.3, -0.25) is 4.90 Å². The molecule has 0 saturated carbocycles. The van der Waals surface area contributed by atoms with Crippen LogP contribution < -0.4 is 4.90 Å². The number of thioether (sulfide) groups is 1. The molecule has 1 aliphatic rings. The number of oxazole rings is 1. The van der Waals surface area contributed by atoms with Crippen LogP contribution in [0.5, 0.6) is 0 Å². The van der Waals surface area contributed by atoms with E-state index >= 15 is 0 Å². The van der Waals surface area contributed by atoms with Crippen LogP contribution in [0, 0.1) is 0 Å². The molecule has 7 heteroatoms. The Bertz CT molecular complexity index is 1080. The Kier molecular flexibility index (Phi) is 6.72. The van der Waals surface area contributed by atoms with Gasteiger partial charge < -0.3 is 9.32 Å². The van der Waals surface area contributed by atoms with E-state index in [0.717, 1.165) is 48.3 Å². The summed E-state index contributed by atoms with van der Waals surface area (Å²) < 4.78 is 11.8. The van der Waals surface area contributed by atoms with Crippen LogP contribution in [0.2, 0.25) is 0 Å². The Morgan fingerprint density at radius 2 is 1.71 bits per heavy atom. The fraction of sp³-hybridized carbons (Fsp3) is 0.417. The van der Waals surface area contributed by atoms with E-state index in [1.54, 1.807) is 23.3 Å². The van der Waals surface area contributed by atoms with E-state index in [9.17, 15) is 0 Å². The molecule has 5 rings (SSSR count). The van der Waals surface area contributed by atoms with Crippen LogP contribution >= 0.6 is 23.3 Å². The van der Waals surface area contributed by atoms with Crippen molar-refractivity contribution >= 4 is 50.3 Å². The Morgan fingerprint density at radius 3 is 2.61 bits per heavy atom. The molecule has 0 unspecified atom stereocenters. The van der Waals surface area contributed by atoms with Gasteiger partial charge in [0.05, 0.1) is 4.70 Å². The molecule has 1 fully saturated rings. The summed E-state index contributed by atoms with van der Waals surface area (Å²) in [6.07, 6.45) is 5.07. The predicted octanol–water partition coefficient (Wildman–Crippen LogP) is 5.91. The summed E-state index contributed by atoms with van der Waals surface area (Å²) in [6, 6.07) is 16.5. The Hall–Kier alpha value is -2.09. The molecule has 2 aromatic heterocycles. The number of hydrogen-bond acceptors (Lipinski definition) is 7. The van der Waals surface area contributed by atoms with Gasteiger partial charge in [-0.1, -0.05) is 48.9 Å². The van der Waals surface area contributed by atoms with Gasteiger partial charge in [-0.05, 0) is 55.2 Å². The second-order valence-electron chi connectivity index (χ2n) is 8.04. The molecule has 1 aliphatic heterocycles. The number of unbranched alkanes of at least 4 members (excludes halogenated alkanes) is 3. The second-order valence-corrected chi connectivity index (χ2v) is 9.89. The van der Waals surface area contributed by atoms with Crippen molar-refractivity contribution < 1.29 is 4.42 Å². The van der Waals surface area contributed by atoms with Gasteiger partial charge in [0, 0.05) is 37.3 Å². The normalized spacial score (nSPS) is 15.3. The van der Waals surface area contributed by atoms with Gasteiger partial charge in [-0.25, -0.2) is 4.98 Å². The minimum atomic E-state index is 0.798. The van der Waals surface area contributed by atoms with E-state index in [2.05, 4.69) is 39.0 Å². The molecular weight excluding hydrogens is 424 g/mol. The minimum Gasteiger partial charge on any atom is -0.431 e. The van der Waals surface area contributed by atoms with Gasteiger partial charge in [0.2, 0.25) is 0 Å². The molecule has 0 atom stereocenters. The van der Waals surface area contributed by atoms with E-state index in [0.29, 0.717) is 0 Å². The van der Waals surface area contributed by atoms with Crippen molar-refractivity contribution in [1.82, 2.24) is 14.3 Å². The minimum absolute atomic E-state index is 0.798. The molecule has 31 heavy (non-hydrogen) atoms. The molecule has 0 amide bonds. The lowest BCUT2D eigenvalue weighted by atomic mass is 10.2. The first-order valence-electron chi connectivity index (χ1n) is 11.2. The molecule has 0 spiro atoms. The first-order chi connectivity index (χ1) is 15.4. The number of hydrogen-bond donors (Lipinski definition) is 0. The first kappa shape index (κ1) is 20.8. The first-order valence-corrected chi connectivity index (χ1v) is 12.9. The van der Waals surface area contributed by atoms with Gasteiger partial charge in [-0.2, -0.15) is 4.37 Å². The van der Waals surface area contributed by atoms with Crippen LogP contribution in [0.1, 0.15) is 25.7 Å². The maximum Gasteiger partial charge on any atom is 0.256 e. The second kappa shape index (κ2) is 10.0. The van der Waals surface area contributed by atoms with Crippen molar-refractivity contribution in [3.8, 4) is 0 Å². The molecule has 5 nitrogen and oxygen atoms in total. The molecule has 3 heterocycles. The van der Waals surface area contributed by atoms with Gasteiger partial charge in [-0.15, -0.1) is 0 Å². The van der Waals surface area contributed by atoms with E-state index < -0.39 is 0 Å². The standard InChI is InChI=1S/C24H28N4OS2/c1(2-8-18-30-24-25-20-10-4-5-11-21(20)29-24)7-13-27-14-16-28(17-15-27)23-19-9-3-6-12-22(19)31-26-23/h3-6,9-12H,1-2,7-8,13-18H2. The van der Waals surface area contributed by atoms with Crippen molar-refractivity contribution in [2.75, 3.05) is 43.4 Å². The van der Waals surface area contributed by atoms with Crippen molar-refractivity contribution in [2.45, 2.75) is 30.9 Å². The molecular formula is C24H28N4OS2. The van der Waals surface area contributed by atoms with Gasteiger partial charge in [0.1, 0.15) is 11.3 Å². The highest BCUT2D eigenvalue weighted by atomic mass is 32.2. The third kappa shape index (κ3) is 5.05. The number of para-hydroxylation sites is 2. The fourth-order valence-corrected chi connectivity index (χ4v) is 5.78. The van der Waals surface area contributed by atoms with Crippen molar-refractivity contribution in [3.05, 3.63) is 48.5 Å².